The number of hydrogen-bond donors (Lipinski definition) is 1. The van der Waals surface area contributed by atoms with Gasteiger partial charge in [0.05, 0.1) is 23.3 Å². The molecule has 0 fully saturated rings. The molecule has 1 amide bonds. The molecule has 1 aliphatic heterocycles. The largest absolute Gasteiger partial charge is 0.496 e. The molecule has 8 heteroatoms. The van der Waals surface area contributed by atoms with Gasteiger partial charge < -0.3 is 9.64 Å². The van der Waals surface area contributed by atoms with Crippen molar-refractivity contribution >= 4 is 33.0 Å². The van der Waals surface area contributed by atoms with E-state index in [-0.39, 0.29) is 10.8 Å². The molecule has 1 heterocycles. The molecule has 0 bridgehead atoms. The zero-order valence-corrected chi connectivity index (χ0v) is 25.6. The average Bonchev–Trinajstić information content (AvgIpc) is 3.04. The van der Waals surface area contributed by atoms with Gasteiger partial charge in [0.25, 0.3) is 15.9 Å². The Balaban J connectivity index is 1.54. The van der Waals surface area contributed by atoms with Crippen LogP contribution in [0.15, 0.2) is 126 Å². The van der Waals surface area contributed by atoms with Crippen LogP contribution in [0.1, 0.15) is 38.8 Å². The normalized spacial score (nSPS) is 14.7. The third kappa shape index (κ3) is 5.64. The van der Waals surface area contributed by atoms with E-state index in [9.17, 15) is 13.2 Å². The number of methoxy groups -OCH3 is 1. The van der Waals surface area contributed by atoms with Gasteiger partial charge in [-0.1, -0.05) is 83.9 Å². The summed E-state index contributed by atoms with van der Waals surface area (Å²) in [6.45, 7) is 4.39. The first-order chi connectivity index (χ1) is 21.2. The number of carbonyl (C=O) groups is 1. The molecule has 5 aromatic rings. The number of nitrogens with one attached hydrogen (secondary N) is 1. The Morgan fingerprint density at radius 2 is 1.41 bits per heavy atom. The Morgan fingerprint density at radius 3 is 2.09 bits per heavy atom. The Hall–Kier alpha value is -5.08. The standard InChI is InChI=1S/C36H33N3O4S/c1-25-13-17-28(18-14-25)37-44(41,42)30-21-22-33-32(23-30)36(40)39(29-19-15-26(2)16-20-29)35(31-11-7-8-12-34(31)43-3)38(33)24-27-9-5-4-6-10-27/h4-23,35,37H,24H2,1-3H3/t35-/m1/s1. The molecule has 0 spiro atoms. The lowest BCUT2D eigenvalue weighted by molar-refractivity contribution is 0.0967. The summed E-state index contributed by atoms with van der Waals surface area (Å²) in [6.07, 6.45) is -0.581. The Labute approximate surface area is 258 Å². The average molecular weight is 604 g/mol. The lowest BCUT2D eigenvalue weighted by atomic mass is 9.98. The summed E-state index contributed by atoms with van der Waals surface area (Å²) < 4.78 is 35.5. The monoisotopic (exact) mass is 603 g/mol. The van der Waals surface area contributed by atoms with Gasteiger partial charge in [-0.05, 0) is 67.9 Å². The van der Waals surface area contributed by atoms with Crippen molar-refractivity contribution in [1.82, 2.24) is 0 Å². The highest BCUT2D eigenvalue weighted by atomic mass is 32.2. The van der Waals surface area contributed by atoms with E-state index in [0.29, 0.717) is 34.9 Å². The van der Waals surface area contributed by atoms with Crippen molar-refractivity contribution < 1.29 is 17.9 Å². The number of fused-ring (bicyclic) bond motifs is 1. The molecule has 0 radical (unpaired) electrons. The van der Waals surface area contributed by atoms with Gasteiger partial charge in [-0.3, -0.25) is 14.4 Å². The fourth-order valence-electron chi connectivity index (χ4n) is 5.55. The van der Waals surface area contributed by atoms with Crippen molar-refractivity contribution in [2.45, 2.75) is 31.5 Å². The number of aryl methyl sites for hydroxylation is 2. The second-order valence-electron chi connectivity index (χ2n) is 10.9. The molecule has 44 heavy (non-hydrogen) atoms. The molecule has 0 aromatic heterocycles. The van der Waals surface area contributed by atoms with Crippen LogP contribution in [0.3, 0.4) is 0 Å². The molecule has 0 saturated heterocycles. The SMILES string of the molecule is COc1ccccc1[C@@H]1N(Cc2ccccc2)c2ccc(S(=O)(=O)Nc3ccc(C)cc3)cc2C(=O)N1c1ccc(C)cc1. The van der Waals surface area contributed by atoms with Crippen LogP contribution in [0.4, 0.5) is 17.1 Å². The number of carbonyl (C=O) groups excluding carboxylic acids is 1. The lowest BCUT2D eigenvalue weighted by Gasteiger charge is -2.46. The Kier molecular flexibility index (Phi) is 7.84. The topological polar surface area (TPSA) is 79.0 Å². The smallest absolute Gasteiger partial charge is 0.262 e. The minimum atomic E-state index is -3.98. The predicted molar refractivity (Wildman–Crippen MR) is 175 cm³/mol. The molecule has 1 atom stereocenters. The van der Waals surface area contributed by atoms with Crippen LogP contribution in [0, 0.1) is 13.8 Å². The maximum atomic E-state index is 14.6. The molecule has 1 aliphatic rings. The van der Waals surface area contributed by atoms with Crippen LogP contribution in [0.5, 0.6) is 5.75 Å². The third-order valence-corrected chi connectivity index (χ3v) is 9.18. The summed E-state index contributed by atoms with van der Waals surface area (Å²) in [6, 6.07) is 37.3. The van der Waals surface area contributed by atoms with Gasteiger partial charge >= 0.3 is 0 Å². The minimum Gasteiger partial charge on any atom is -0.496 e. The van der Waals surface area contributed by atoms with Gasteiger partial charge in [-0.2, -0.15) is 0 Å². The van der Waals surface area contributed by atoms with Crippen molar-refractivity contribution in [3.63, 3.8) is 0 Å². The van der Waals surface area contributed by atoms with Gasteiger partial charge in [0.1, 0.15) is 11.9 Å². The maximum absolute atomic E-state index is 14.6. The van der Waals surface area contributed by atoms with Gasteiger partial charge in [0.15, 0.2) is 0 Å². The molecule has 222 valence electrons. The van der Waals surface area contributed by atoms with Gasteiger partial charge in [-0.15, -0.1) is 0 Å². The van der Waals surface area contributed by atoms with E-state index >= 15 is 0 Å². The van der Waals surface area contributed by atoms with Crippen molar-refractivity contribution in [3.05, 3.63) is 149 Å². The van der Waals surface area contributed by atoms with E-state index in [0.717, 1.165) is 22.3 Å². The zero-order chi connectivity index (χ0) is 30.8. The van der Waals surface area contributed by atoms with Crippen molar-refractivity contribution in [1.29, 1.82) is 0 Å². The fourth-order valence-corrected chi connectivity index (χ4v) is 6.64. The first kappa shape index (κ1) is 29.0. The highest BCUT2D eigenvalue weighted by molar-refractivity contribution is 7.92. The molecule has 7 nitrogen and oxygen atoms in total. The van der Waals surface area contributed by atoms with E-state index < -0.39 is 16.2 Å². The first-order valence-corrected chi connectivity index (χ1v) is 15.8. The molecular weight excluding hydrogens is 570 g/mol. The highest BCUT2D eigenvalue weighted by Gasteiger charge is 2.41. The number of para-hydroxylation sites is 1. The van der Waals surface area contributed by atoms with Crippen molar-refractivity contribution in [3.8, 4) is 5.75 Å². The summed E-state index contributed by atoms with van der Waals surface area (Å²) in [5, 5.41) is 0. The maximum Gasteiger partial charge on any atom is 0.262 e. The predicted octanol–water partition coefficient (Wildman–Crippen LogP) is 7.48. The molecule has 5 aromatic carbocycles. The van der Waals surface area contributed by atoms with Crippen LogP contribution in [-0.4, -0.2) is 21.4 Å². The number of rotatable bonds is 8. The van der Waals surface area contributed by atoms with Crippen LogP contribution in [-0.2, 0) is 16.6 Å². The van der Waals surface area contributed by atoms with E-state index in [2.05, 4.69) is 9.62 Å². The van der Waals surface area contributed by atoms with E-state index in [4.69, 9.17) is 4.74 Å². The van der Waals surface area contributed by atoms with Crippen molar-refractivity contribution in [2.24, 2.45) is 0 Å². The summed E-state index contributed by atoms with van der Waals surface area (Å²) >= 11 is 0. The van der Waals surface area contributed by atoms with E-state index in [1.54, 1.807) is 36.3 Å². The molecule has 6 rings (SSSR count). The Morgan fingerprint density at radius 1 is 0.773 bits per heavy atom. The number of anilines is 3. The Bertz CT molecular complexity index is 1910. The number of benzene rings is 5. The lowest BCUT2D eigenvalue weighted by Crippen LogP contribution is -2.49. The zero-order valence-electron chi connectivity index (χ0n) is 24.8. The minimum absolute atomic E-state index is 0.00411. The molecular formula is C36H33N3O4S. The number of ether oxygens (including phenoxy) is 1. The summed E-state index contributed by atoms with van der Waals surface area (Å²) in [7, 11) is -2.36. The molecule has 0 unspecified atom stereocenters. The van der Waals surface area contributed by atoms with Gasteiger partial charge in [0.2, 0.25) is 0 Å². The third-order valence-electron chi connectivity index (χ3n) is 7.81. The number of hydrogen-bond acceptors (Lipinski definition) is 5. The number of amides is 1. The van der Waals surface area contributed by atoms with Crippen LogP contribution in [0.2, 0.25) is 0 Å². The summed E-state index contributed by atoms with van der Waals surface area (Å²) in [5.74, 6) is 0.335. The second kappa shape index (κ2) is 11.9. The quantitative estimate of drug-likeness (QED) is 0.199. The molecule has 0 saturated carbocycles. The summed E-state index contributed by atoms with van der Waals surface area (Å²) in [5.41, 5.74) is 5.98. The second-order valence-corrected chi connectivity index (χ2v) is 12.6. The van der Waals surface area contributed by atoms with E-state index in [1.165, 1.54) is 6.07 Å². The highest BCUT2D eigenvalue weighted by Crippen LogP contribution is 2.45. The summed E-state index contributed by atoms with van der Waals surface area (Å²) in [4.78, 5) is 18.5. The number of nitrogens with zero attached hydrogens (tertiary/aromatic N) is 2. The van der Waals surface area contributed by atoms with Crippen molar-refractivity contribution in [2.75, 3.05) is 21.6 Å². The molecule has 1 N–H and O–H groups in total. The molecule has 0 aliphatic carbocycles. The van der Waals surface area contributed by atoms with E-state index in [1.807, 2.05) is 105 Å². The first-order valence-electron chi connectivity index (χ1n) is 14.3. The van der Waals surface area contributed by atoms with Gasteiger partial charge in [0, 0.05) is 23.5 Å². The van der Waals surface area contributed by atoms with Crippen LogP contribution >= 0.6 is 0 Å². The van der Waals surface area contributed by atoms with Gasteiger partial charge in [-0.25, -0.2) is 8.42 Å². The van der Waals surface area contributed by atoms with Crippen LogP contribution < -0.4 is 19.3 Å². The fraction of sp³-hybridized carbons (Fsp3) is 0.139. The van der Waals surface area contributed by atoms with Crippen LogP contribution in [0.25, 0.3) is 0 Å². The number of sulfonamides is 1.